The van der Waals surface area contributed by atoms with Gasteiger partial charge in [0.15, 0.2) is 5.78 Å². The zero-order valence-electron chi connectivity index (χ0n) is 8.92. The predicted molar refractivity (Wildman–Crippen MR) is 61.1 cm³/mol. The molecular weight excluding hydrogens is 315 g/mol. The Morgan fingerprint density at radius 2 is 1.89 bits per heavy atom. The highest BCUT2D eigenvalue weighted by molar-refractivity contribution is 9.10. The minimum atomic E-state index is -4.51. The molecule has 0 saturated carbocycles. The number of amides is 1. The van der Waals surface area contributed by atoms with E-state index in [0.717, 1.165) is 11.0 Å². The summed E-state index contributed by atoms with van der Waals surface area (Å²) in [6, 6.07) is 3.45. The molecule has 0 atom stereocenters. The lowest BCUT2D eigenvalue weighted by atomic mass is 10.2. The number of halogens is 4. The summed E-state index contributed by atoms with van der Waals surface area (Å²) in [5, 5.41) is 0. The van der Waals surface area contributed by atoms with Gasteiger partial charge in [-0.05, 0) is 18.2 Å². The maximum atomic E-state index is 12.7. The van der Waals surface area contributed by atoms with Crippen molar-refractivity contribution in [3.8, 4) is 0 Å². The number of hydrogen-bond donors (Lipinski definition) is 0. The first kappa shape index (κ1) is 13.1. The molecular formula is C11H7BrF3NO2. The van der Waals surface area contributed by atoms with Gasteiger partial charge in [-0.15, -0.1) is 0 Å². The third-order valence-electron chi connectivity index (χ3n) is 2.55. The fourth-order valence-corrected chi connectivity index (χ4v) is 2.19. The van der Waals surface area contributed by atoms with Gasteiger partial charge in [0.25, 0.3) is 0 Å². The molecule has 0 N–H and O–H groups in total. The molecule has 96 valence electrons. The molecule has 0 unspecified atom stereocenters. The van der Waals surface area contributed by atoms with Gasteiger partial charge < -0.3 is 4.90 Å². The van der Waals surface area contributed by atoms with Crippen LogP contribution >= 0.6 is 15.9 Å². The van der Waals surface area contributed by atoms with Gasteiger partial charge in [0.05, 0.1) is 18.5 Å². The molecule has 18 heavy (non-hydrogen) atoms. The molecule has 3 nitrogen and oxygen atoms in total. The molecule has 1 aliphatic rings. The van der Waals surface area contributed by atoms with Crippen LogP contribution in [0.5, 0.6) is 0 Å². The minimum Gasteiger partial charge on any atom is -0.305 e. The van der Waals surface area contributed by atoms with Crippen molar-refractivity contribution in [2.45, 2.75) is 12.6 Å². The highest BCUT2D eigenvalue weighted by atomic mass is 79.9. The van der Waals surface area contributed by atoms with E-state index < -0.39 is 17.6 Å². The summed E-state index contributed by atoms with van der Waals surface area (Å²) >= 11 is 2.81. The van der Waals surface area contributed by atoms with Crippen LogP contribution in [0.4, 0.5) is 18.9 Å². The monoisotopic (exact) mass is 321 g/mol. The van der Waals surface area contributed by atoms with E-state index >= 15 is 0 Å². The molecule has 7 heteroatoms. The van der Waals surface area contributed by atoms with Crippen LogP contribution in [0.15, 0.2) is 22.7 Å². The summed E-state index contributed by atoms with van der Waals surface area (Å²) in [6.07, 6.45) is -4.76. The van der Waals surface area contributed by atoms with E-state index in [4.69, 9.17) is 0 Å². The van der Waals surface area contributed by atoms with Crippen molar-refractivity contribution >= 4 is 33.3 Å². The molecule has 0 spiro atoms. The molecule has 0 bridgehead atoms. The number of carbonyl (C=O) groups excluding carboxylic acids is 2. The molecule has 0 radical (unpaired) electrons. The Morgan fingerprint density at radius 3 is 2.39 bits per heavy atom. The van der Waals surface area contributed by atoms with Crippen molar-refractivity contribution in [1.29, 1.82) is 0 Å². The summed E-state index contributed by atoms with van der Waals surface area (Å²) in [4.78, 5) is 23.6. The Bertz CT molecular complexity index is 528. The van der Waals surface area contributed by atoms with E-state index in [2.05, 4.69) is 15.9 Å². The van der Waals surface area contributed by atoms with Gasteiger partial charge in [0, 0.05) is 10.2 Å². The first-order chi connectivity index (χ1) is 8.29. The fraction of sp³-hybridized carbons (Fsp3) is 0.273. The number of rotatable bonds is 1. The van der Waals surface area contributed by atoms with Crippen LogP contribution in [0.1, 0.15) is 12.0 Å². The largest absolute Gasteiger partial charge is 0.417 e. The van der Waals surface area contributed by atoms with E-state index in [9.17, 15) is 22.8 Å². The first-order valence-electron chi connectivity index (χ1n) is 4.98. The Hall–Kier alpha value is -1.37. The van der Waals surface area contributed by atoms with Gasteiger partial charge in [-0.25, -0.2) is 0 Å². The smallest absolute Gasteiger partial charge is 0.305 e. The molecule has 1 aromatic rings. The Kier molecular flexibility index (Phi) is 3.18. The quantitative estimate of drug-likeness (QED) is 0.746. The standard InChI is InChI=1S/C11H7BrF3NO2/c12-9-2-1-6(3-8(9)11(13,14)15)16-5-7(17)4-10(16)18/h1-3H,4-5H2. The average Bonchev–Trinajstić information content (AvgIpc) is 2.57. The summed E-state index contributed by atoms with van der Waals surface area (Å²) in [5.74, 6) is -0.771. The highest BCUT2D eigenvalue weighted by Gasteiger charge is 2.35. The Labute approximate surface area is 109 Å². The molecule has 1 saturated heterocycles. The van der Waals surface area contributed by atoms with E-state index in [1.165, 1.54) is 12.1 Å². The van der Waals surface area contributed by atoms with Crippen LogP contribution in [0.25, 0.3) is 0 Å². The number of Topliss-reactive ketones (excluding diaryl/α,β-unsaturated/α-hetero) is 1. The molecule has 1 fully saturated rings. The second-order valence-corrected chi connectivity index (χ2v) is 4.71. The van der Waals surface area contributed by atoms with Crippen molar-refractivity contribution in [2.24, 2.45) is 0 Å². The zero-order chi connectivity index (χ0) is 13.5. The van der Waals surface area contributed by atoms with Crippen LogP contribution in [-0.4, -0.2) is 18.2 Å². The van der Waals surface area contributed by atoms with Crippen LogP contribution < -0.4 is 4.90 Å². The van der Waals surface area contributed by atoms with Gasteiger partial charge >= 0.3 is 6.18 Å². The maximum Gasteiger partial charge on any atom is 0.417 e. The van der Waals surface area contributed by atoms with Crippen LogP contribution in [0.2, 0.25) is 0 Å². The molecule has 1 aliphatic heterocycles. The highest BCUT2D eigenvalue weighted by Crippen LogP contribution is 2.37. The van der Waals surface area contributed by atoms with Crippen LogP contribution in [-0.2, 0) is 15.8 Å². The van der Waals surface area contributed by atoms with Gasteiger partial charge in [0.2, 0.25) is 5.91 Å². The van der Waals surface area contributed by atoms with Gasteiger partial charge in [0.1, 0.15) is 0 Å². The van der Waals surface area contributed by atoms with Crippen molar-refractivity contribution in [1.82, 2.24) is 0 Å². The second-order valence-electron chi connectivity index (χ2n) is 3.86. The minimum absolute atomic E-state index is 0.0846. The van der Waals surface area contributed by atoms with E-state index in [0.29, 0.717) is 0 Å². The number of anilines is 1. The summed E-state index contributed by atoms with van der Waals surface area (Å²) in [7, 11) is 0. The SMILES string of the molecule is O=C1CC(=O)N(c2ccc(Br)c(C(F)(F)F)c2)C1. The average molecular weight is 322 g/mol. The lowest BCUT2D eigenvalue weighted by molar-refractivity contribution is -0.138. The van der Waals surface area contributed by atoms with E-state index in [1.807, 2.05) is 0 Å². The third-order valence-corrected chi connectivity index (χ3v) is 3.24. The molecule has 0 aromatic heterocycles. The molecule has 2 rings (SSSR count). The predicted octanol–water partition coefficient (Wildman–Crippen LogP) is 2.77. The summed E-state index contributed by atoms with van der Waals surface area (Å²) < 4.78 is 38.0. The van der Waals surface area contributed by atoms with Crippen molar-refractivity contribution in [3.63, 3.8) is 0 Å². The normalized spacial score (nSPS) is 16.6. The number of benzene rings is 1. The second kappa shape index (κ2) is 4.38. The summed E-state index contributed by atoms with van der Waals surface area (Å²) in [5.41, 5.74) is -0.784. The third kappa shape index (κ3) is 2.40. The molecule has 1 heterocycles. The van der Waals surface area contributed by atoms with Crippen molar-refractivity contribution < 1.29 is 22.8 Å². The van der Waals surface area contributed by atoms with Crippen LogP contribution in [0, 0.1) is 0 Å². The number of alkyl halides is 3. The zero-order valence-corrected chi connectivity index (χ0v) is 10.5. The Balaban J connectivity index is 2.42. The number of carbonyl (C=O) groups is 2. The number of nitrogens with zero attached hydrogens (tertiary/aromatic N) is 1. The van der Waals surface area contributed by atoms with E-state index in [1.54, 1.807) is 0 Å². The van der Waals surface area contributed by atoms with Crippen LogP contribution in [0.3, 0.4) is 0 Å². The van der Waals surface area contributed by atoms with E-state index in [-0.39, 0.29) is 28.9 Å². The molecule has 1 amide bonds. The Morgan fingerprint density at radius 1 is 1.22 bits per heavy atom. The number of ketones is 1. The lowest BCUT2D eigenvalue weighted by Crippen LogP contribution is -2.25. The maximum absolute atomic E-state index is 12.7. The molecule has 0 aliphatic carbocycles. The van der Waals surface area contributed by atoms with Gasteiger partial charge in [-0.2, -0.15) is 13.2 Å². The van der Waals surface area contributed by atoms with Gasteiger partial charge in [-0.1, -0.05) is 15.9 Å². The lowest BCUT2D eigenvalue weighted by Gasteiger charge is -2.17. The number of hydrogen-bond acceptors (Lipinski definition) is 2. The summed E-state index contributed by atoms with van der Waals surface area (Å²) in [6.45, 7) is -0.169. The first-order valence-corrected chi connectivity index (χ1v) is 5.77. The van der Waals surface area contributed by atoms with Crippen molar-refractivity contribution in [2.75, 3.05) is 11.4 Å². The topological polar surface area (TPSA) is 37.4 Å². The van der Waals surface area contributed by atoms with Gasteiger partial charge in [-0.3, -0.25) is 9.59 Å². The van der Waals surface area contributed by atoms with Crippen molar-refractivity contribution in [3.05, 3.63) is 28.2 Å². The fourth-order valence-electron chi connectivity index (χ4n) is 1.72. The molecule has 1 aromatic carbocycles.